The van der Waals surface area contributed by atoms with Crippen molar-refractivity contribution in [2.45, 2.75) is 45.3 Å². The normalized spacial score (nSPS) is 22.9. The molecule has 0 bridgehead atoms. The van der Waals surface area contributed by atoms with Gasteiger partial charge in [-0.1, -0.05) is 12.8 Å². The van der Waals surface area contributed by atoms with Crippen LogP contribution in [0.15, 0.2) is 12.1 Å². The topological polar surface area (TPSA) is 125 Å². The van der Waals surface area contributed by atoms with Crippen molar-refractivity contribution in [1.29, 1.82) is 0 Å². The van der Waals surface area contributed by atoms with E-state index in [4.69, 9.17) is 14.2 Å². The summed E-state index contributed by atoms with van der Waals surface area (Å²) in [7, 11) is 0. The summed E-state index contributed by atoms with van der Waals surface area (Å²) in [5.74, 6) is -1.08. The minimum Gasteiger partial charge on any atom is -0.467 e. The van der Waals surface area contributed by atoms with Gasteiger partial charge in [0.25, 0.3) is 5.69 Å². The summed E-state index contributed by atoms with van der Waals surface area (Å²) >= 11 is 0. The molecular formula is C20H22N2O8. The van der Waals surface area contributed by atoms with E-state index in [1.54, 1.807) is 0 Å². The molecule has 2 amide bonds. The Hall–Kier alpha value is -3.01. The van der Waals surface area contributed by atoms with Gasteiger partial charge in [0, 0.05) is 29.8 Å². The number of carbonyl (C=O) groups is 3. The van der Waals surface area contributed by atoms with Crippen molar-refractivity contribution < 1.29 is 33.5 Å². The van der Waals surface area contributed by atoms with E-state index in [0.29, 0.717) is 16.9 Å². The summed E-state index contributed by atoms with van der Waals surface area (Å²) in [6.07, 6.45) is 3.20. The molecule has 10 heteroatoms. The lowest BCUT2D eigenvalue weighted by Crippen LogP contribution is -2.33. The van der Waals surface area contributed by atoms with E-state index in [0.717, 1.165) is 25.7 Å². The number of nitro groups is 1. The maximum Gasteiger partial charge on any atom is 0.307 e. The molecule has 0 spiro atoms. The molecule has 2 atom stereocenters. The minimum absolute atomic E-state index is 0.00722. The highest BCUT2D eigenvalue weighted by molar-refractivity contribution is 6.05. The quantitative estimate of drug-likeness (QED) is 0.297. The average Bonchev–Trinajstić information content (AvgIpc) is 3.00. The Morgan fingerprint density at radius 2 is 1.90 bits per heavy atom. The molecule has 2 aliphatic heterocycles. The van der Waals surface area contributed by atoms with E-state index in [1.807, 2.05) is 0 Å². The molecule has 1 aromatic carbocycles. The van der Waals surface area contributed by atoms with Gasteiger partial charge in [0.15, 0.2) is 6.79 Å². The van der Waals surface area contributed by atoms with Gasteiger partial charge >= 0.3 is 5.97 Å². The van der Waals surface area contributed by atoms with Crippen LogP contribution in [0.25, 0.3) is 0 Å². The van der Waals surface area contributed by atoms with E-state index >= 15 is 0 Å². The lowest BCUT2D eigenvalue weighted by Gasteiger charge is -2.20. The van der Waals surface area contributed by atoms with Crippen LogP contribution in [0.3, 0.4) is 0 Å². The third-order valence-electron chi connectivity index (χ3n) is 5.84. The van der Waals surface area contributed by atoms with Crippen molar-refractivity contribution in [3.63, 3.8) is 0 Å². The van der Waals surface area contributed by atoms with Crippen molar-refractivity contribution in [2.75, 3.05) is 13.3 Å². The number of benzene rings is 1. The fourth-order valence-corrected chi connectivity index (χ4v) is 4.38. The molecule has 4 rings (SSSR count). The first-order valence-corrected chi connectivity index (χ1v) is 9.97. The lowest BCUT2D eigenvalue weighted by molar-refractivity contribution is -0.385. The summed E-state index contributed by atoms with van der Waals surface area (Å²) in [6, 6.07) is 2.67. The number of hydrogen-bond acceptors (Lipinski definition) is 8. The van der Waals surface area contributed by atoms with E-state index in [2.05, 4.69) is 0 Å². The Kier molecular flexibility index (Phi) is 5.67. The first-order chi connectivity index (χ1) is 14.5. The van der Waals surface area contributed by atoms with E-state index < -0.39 is 10.9 Å². The molecule has 1 saturated carbocycles. The number of amides is 2. The van der Waals surface area contributed by atoms with Gasteiger partial charge in [-0.2, -0.15) is 0 Å². The summed E-state index contributed by atoms with van der Waals surface area (Å²) in [5, 5.41) is 11.1. The third kappa shape index (κ3) is 3.87. The van der Waals surface area contributed by atoms with E-state index in [-0.39, 0.29) is 62.3 Å². The monoisotopic (exact) mass is 418 g/mol. The molecule has 1 aliphatic carbocycles. The second-order valence-electron chi connectivity index (χ2n) is 7.70. The molecule has 0 radical (unpaired) electrons. The number of hydrogen-bond donors (Lipinski definition) is 0. The first kappa shape index (κ1) is 20.3. The molecule has 0 unspecified atom stereocenters. The van der Waals surface area contributed by atoms with Crippen LogP contribution in [0.5, 0.6) is 5.75 Å². The maximum absolute atomic E-state index is 12.5. The number of nitro benzene ring substituents is 1. The molecule has 1 saturated heterocycles. The SMILES string of the molecule is O=C(CCN1C(=O)[C@H]2CCCC[C@H]2C1=O)OCc1cc([N+](=O)[O-])cc2c1OCOC2. The number of carbonyl (C=O) groups excluding carboxylic acids is 3. The summed E-state index contributed by atoms with van der Waals surface area (Å²) in [4.78, 5) is 48.9. The van der Waals surface area contributed by atoms with Gasteiger partial charge in [-0.25, -0.2) is 0 Å². The Morgan fingerprint density at radius 3 is 2.57 bits per heavy atom. The molecule has 1 aromatic rings. The van der Waals surface area contributed by atoms with Crippen LogP contribution in [0.2, 0.25) is 0 Å². The molecule has 160 valence electrons. The molecule has 3 aliphatic rings. The average molecular weight is 418 g/mol. The van der Waals surface area contributed by atoms with Crippen molar-refractivity contribution >= 4 is 23.5 Å². The number of nitrogens with zero attached hydrogens (tertiary/aromatic N) is 2. The van der Waals surface area contributed by atoms with E-state index in [1.165, 1.54) is 17.0 Å². The Bertz CT molecular complexity index is 875. The van der Waals surface area contributed by atoms with Crippen LogP contribution in [0.1, 0.15) is 43.2 Å². The van der Waals surface area contributed by atoms with Gasteiger partial charge in [-0.3, -0.25) is 29.4 Å². The summed E-state index contributed by atoms with van der Waals surface area (Å²) in [5.41, 5.74) is 0.734. The second kappa shape index (κ2) is 8.39. The van der Waals surface area contributed by atoms with Gasteiger partial charge < -0.3 is 14.2 Å². The van der Waals surface area contributed by atoms with Crippen LogP contribution in [-0.2, 0) is 37.1 Å². The van der Waals surface area contributed by atoms with E-state index in [9.17, 15) is 24.5 Å². The highest BCUT2D eigenvalue weighted by Crippen LogP contribution is 2.38. The Labute approximate surface area is 172 Å². The zero-order valence-electron chi connectivity index (χ0n) is 16.3. The number of fused-ring (bicyclic) bond motifs is 2. The van der Waals surface area contributed by atoms with Gasteiger partial charge in [-0.05, 0) is 12.8 Å². The second-order valence-corrected chi connectivity index (χ2v) is 7.70. The van der Waals surface area contributed by atoms with Gasteiger partial charge in [0.2, 0.25) is 11.8 Å². The van der Waals surface area contributed by atoms with Crippen LogP contribution in [0.4, 0.5) is 5.69 Å². The van der Waals surface area contributed by atoms with Crippen LogP contribution in [0, 0.1) is 22.0 Å². The van der Waals surface area contributed by atoms with Crippen LogP contribution in [-0.4, -0.2) is 40.9 Å². The maximum atomic E-state index is 12.5. The molecule has 0 N–H and O–H groups in total. The number of ether oxygens (including phenoxy) is 3. The molecule has 0 aromatic heterocycles. The number of rotatable bonds is 6. The number of likely N-dealkylation sites (tertiary alicyclic amines) is 1. The van der Waals surface area contributed by atoms with Crippen LogP contribution >= 0.6 is 0 Å². The van der Waals surface area contributed by atoms with Crippen molar-refractivity contribution in [3.8, 4) is 5.75 Å². The number of non-ortho nitro benzene ring substituents is 1. The zero-order valence-corrected chi connectivity index (χ0v) is 16.3. The molecular weight excluding hydrogens is 396 g/mol. The highest BCUT2D eigenvalue weighted by atomic mass is 16.7. The summed E-state index contributed by atoms with van der Waals surface area (Å²) < 4.78 is 15.8. The largest absolute Gasteiger partial charge is 0.467 e. The fraction of sp³-hybridized carbons (Fsp3) is 0.550. The lowest BCUT2D eigenvalue weighted by atomic mass is 9.81. The Morgan fingerprint density at radius 1 is 1.20 bits per heavy atom. The predicted octanol–water partition coefficient (Wildman–Crippen LogP) is 2.07. The van der Waals surface area contributed by atoms with Crippen molar-refractivity contribution in [1.82, 2.24) is 4.90 Å². The highest BCUT2D eigenvalue weighted by Gasteiger charge is 2.47. The van der Waals surface area contributed by atoms with Crippen molar-refractivity contribution in [2.24, 2.45) is 11.8 Å². The van der Waals surface area contributed by atoms with Crippen LogP contribution < -0.4 is 4.74 Å². The van der Waals surface area contributed by atoms with Crippen molar-refractivity contribution in [3.05, 3.63) is 33.4 Å². The Balaban J connectivity index is 1.36. The van der Waals surface area contributed by atoms with Gasteiger partial charge in [0.1, 0.15) is 12.4 Å². The zero-order chi connectivity index (χ0) is 21.3. The minimum atomic E-state index is -0.599. The third-order valence-corrected chi connectivity index (χ3v) is 5.84. The smallest absolute Gasteiger partial charge is 0.307 e. The standard InChI is InChI=1S/C20H22N2O8/c23-17(5-6-21-19(24)15-3-1-2-4-16(15)20(21)25)29-10-13-8-14(22(26)27)7-12-9-28-11-30-18(12)13/h7-8,15-16H,1-6,9-11H2/t15-,16+. The molecule has 10 nitrogen and oxygen atoms in total. The number of imide groups is 1. The van der Waals surface area contributed by atoms with Gasteiger partial charge in [-0.15, -0.1) is 0 Å². The molecule has 2 heterocycles. The molecule has 30 heavy (non-hydrogen) atoms. The number of esters is 1. The first-order valence-electron chi connectivity index (χ1n) is 9.97. The molecule has 2 fully saturated rings. The summed E-state index contributed by atoms with van der Waals surface area (Å²) in [6.45, 7) is -0.0520. The predicted molar refractivity (Wildman–Crippen MR) is 100.0 cm³/mol. The fourth-order valence-electron chi connectivity index (χ4n) is 4.38. The van der Waals surface area contributed by atoms with Gasteiger partial charge in [0.05, 0.1) is 29.8 Å².